The third kappa shape index (κ3) is 2.95. The van der Waals surface area contributed by atoms with Gasteiger partial charge < -0.3 is 9.88 Å². The first-order valence-corrected chi connectivity index (χ1v) is 8.05. The van der Waals surface area contributed by atoms with Crippen molar-refractivity contribution in [3.63, 3.8) is 0 Å². The predicted octanol–water partition coefficient (Wildman–Crippen LogP) is 3.96. The van der Waals surface area contributed by atoms with Crippen molar-refractivity contribution in [2.24, 2.45) is 0 Å². The first-order valence-electron chi connectivity index (χ1n) is 8.05. The summed E-state index contributed by atoms with van der Waals surface area (Å²) in [6.07, 6.45) is 3.42. The van der Waals surface area contributed by atoms with Crippen LogP contribution in [-0.4, -0.2) is 16.8 Å². The van der Waals surface area contributed by atoms with Gasteiger partial charge >= 0.3 is 0 Å². The molecule has 0 bridgehead atoms. The van der Waals surface area contributed by atoms with E-state index in [0.29, 0.717) is 5.56 Å². The van der Waals surface area contributed by atoms with Gasteiger partial charge in [0.05, 0.1) is 0 Å². The molecule has 122 valence electrons. The highest BCUT2D eigenvalue weighted by molar-refractivity contribution is 5.99. The summed E-state index contributed by atoms with van der Waals surface area (Å²) in [7, 11) is 0. The maximum atomic E-state index is 12.5. The zero-order chi connectivity index (χ0) is 17.1. The van der Waals surface area contributed by atoms with Gasteiger partial charge in [-0.25, -0.2) is 0 Å². The van der Waals surface area contributed by atoms with Crippen molar-refractivity contribution in [2.45, 2.75) is 26.8 Å². The molecule has 0 saturated carbocycles. The van der Waals surface area contributed by atoms with E-state index in [9.17, 15) is 9.59 Å². The van der Waals surface area contributed by atoms with E-state index in [4.69, 9.17) is 0 Å². The van der Waals surface area contributed by atoms with Crippen molar-refractivity contribution in [3.05, 3.63) is 65.4 Å². The lowest BCUT2D eigenvalue weighted by Gasteiger charge is -2.13. The third-order valence-electron chi connectivity index (χ3n) is 4.26. The second kappa shape index (κ2) is 6.71. The second-order valence-electron chi connectivity index (χ2n) is 5.86. The van der Waals surface area contributed by atoms with Gasteiger partial charge in [-0.2, -0.15) is 0 Å². The van der Waals surface area contributed by atoms with E-state index in [1.54, 1.807) is 6.20 Å². The monoisotopic (exact) mass is 320 g/mol. The minimum Gasteiger partial charge on any atom is -0.337 e. The summed E-state index contributed by atoms with van der Waals surface area (Å²) >= 11 is 0. The molecule has 1 amide bonds. The number of benzene rings is 2. The molecule has 0 spiro atoms. The largest absolute Gasteiger partial charge is 0.337 e. The quantitative estimate of drug-likeness (QED) is 0.723. The number of carbonyl (C=O) groups excluding carboxylic acids is 2. The highest BCUT2D eigenvalue weighted by atomic mass is 16.2. The van der Waals surface area contributed by atoms with E-state index in [-0.39, 0.29) is 12.5 Å². The molecule has 0 fully saturated rings. The summed E-state index contributed by atoms with van der Waals surface area (Å²) in [4.78, 5) is 23.7. The molecule has 0 aliphatic heterocycles. The Labute approximate surface area is 141 Å². The summed E-state index contributed by atoms with van der Waals surface area (Å²) in [5.41, 5.74) is 4.54. The summed E-state index contributed by atoms with van der Waals surface area (Å²) in [5, 5.41) is 3.89. The molecular weight excluding hydrogens is 300 g/mol. The van der Waals surface area contributed by atoms with Gasteiger partial charge in [0.25, 0.3) is 0 Å². The van der Waals surface area contributed by atoms with Crippen LogP contribution in [0.4, 0.5) is 5.69 Å². The lowest BCUT2D eigenvalue weighted by atomic mass is 10.1. The van der Waals surface area contributed by atoms with Crippen molar-refractivity contribution in [3.8, 4) is 0 Å². The predicted molar refractivity (Wildman–Crippen MR) is 96.5 cm³/mol. The Morgan fingerprint density at radius 2 is 1.96 bits per heavy atom. The number of fused-ring (bicyclic) bond motifs is 1. The smallest absolute Gasteiger partial charge is 0.244 e. The van der Waals surface area contributed by atoms with E-state index in [1.807, 2.05) is 54.0 Å². The fourth-order valence-electron chi connectivity index (χ4n) is 3.04. The van der Waals surface area contributed by atoms with Gasteiger partial charge in [0.1, 0.15) is 6.54 Å². The number of rotatable bonds is 5. The molecule has 1 heterocycles. The molecule has 3 rings (SSSR count). The Morgan fingerprint density at radius 1 is 1.17 bits per heavy atom. The van der Waals surface area contributed by atoms with Gasteiger partial charge in [-0.3, -0.25) is 9.59 Å². The minimum atomic E-state index is -0.0998. The molecular formula is C20H20N2O2. The van der Waals surface area contributed by atoms with Crippen LogP contribution in [0.2, 0.25) is 0 Å². The Kier molecular flexibility index (Phi) is 4.47. The van der Waals surface area contributed by atoms with Gasteiger partial charge in [0.15, 0.2) is 6.29 Å². The SMILES string of the molecule is CCc1cccc(C)c1NC(=O)Cn1cc(C=O)c2ccccc21. The van der Waals surface area contributed by atoms with Crippen LogP contribution in [0.5, 0.6) is 0 Å². The molecule has 0 saturated heterocycles. The van der Waals surface area contributed by atoms with E-state index in [2.05, 4.69) is 12.2 Å². The summed E-state index contributed by atoms with van der Waals surface area (Å²) in [5.74, 6) is -0.0998. The minimum absolute atomic E-state index is 0.0998. The molecule has 1 N–H and O–H groups in total. The van der Waals surface area contributed by atoms with E-state index >= 15 is 0 Å². The Morgan fingerprint density at radius 3 is 2.71 bits per heavy atom. The molecule has 0 unspecified atom stereocenters. The first kappa shape index (κ1) is 16.0. The maximum absolute atomic E-state index is 12.5. The topological polar surface area (TPSA) is 51.1 Å². The average Bonchev–Trinajstić information content (AvgIpc) is 2.94. The van der Waals surface area contributed by atoms with Crippen molar-refractivity contribution >= 4 is 28.8 Å². The van der Waals surface area contributed by atoms with Crippen LogP contribution >= 0.6 is 0 Å². The number of nitrogens with zero attached hydrogens (tertiary/aromatic N) is 1. The Balaban J connectivity index is 1.88. The number of carbonyl (C=O) groups is 2. The number of hydrogen-bond acceptors (Lipinski definition) is 2. The number of hydrogen-bond donors (Lipinski definition) is 1. The Bertz CT molecular complexity index is 909. The van der Waals surface area contributed by atoms with E-state index in [0.717, 1.165) is 40.4 Å². The standard InChI is InChI=1S/C20H20N2O2/c1-3-15-8-6-7-14(2)20(15)21-19(24)12-22-11-16(13-23)17-9-4-5-10-18(17)22/h4-11,13H,3,12H2,1-2H3,(H,21,24). The number of nitrogens with one attached hydrogen (secondary N) is 1. The summed E-state index contributed by atoms with van der Waals surface area (Å²) in [6, 6.07) is 13.6. The van der Waals surface area contributed by atoms with Crippen LogP contribution in [0.1, 0.15) is 28.4 Å². The number of para-hydroxylation sites is 2. The van der Waals surface area contributed by atoms with Crippen LogP contribution in [0.15, 0.2) is 48.7 Å². The highest BCUT2D eigenvalue weighted by Gasteiger charge is 2.12. The van der Waals surface area contributed by atoms with Gasteiger partial charge in [0.2, 0.25) is 5.91 Å². The molecule has 1 aromatic heterocycles. The molecule has 3 aromatic rings. The normalized spacial score (nSPS) is 10.8. The van der Waals surface area contributed by atoms with Crippen LogP contribution in [-0.2, 0) is 17.8 Å². The van der Waals surface area contributed by atoms with Crippen molar-refractivity contribution in [1.82, 2.24) is 4.57 Å². The maximum Gasteiger partial charge on any atom is 0.244 e. The molecule has 2 aromatic carbocycles. The van der Waals surface area contributed by atoms with E-state index < -0.39 is 0 Å². The highest BCUT2D eigenvalue weighted by Crippen LogP contribution is 2.22. The van der Waals surface area contributed by atoms with Crippen LogP contribution < -0.4 is 5.32 Å². The average molecular weight is 320 g/mol. The fourth-order valence-corrected chi connectivity index (χ4v) is 3.04. The number of aldehydes is 1. The lowest BCUT2D eigenvalue weighted by Crippen LogP contribution is -2.19. The van der Waals surface area contributed by atoms with Gasteiger partial charge in [-0.15, -0.1) is 0 Å². The van der Waals surface area contributed by atoms with Crippen LogP contribution in [0.3, 0.4) is 0 Å². The molecule has 0 atom stereocenters. The zero-order valence-corrected chi connectivity index (χ0v) is 13.9. The van der Waals surface area contributed by atoms with Gasteiger partial charge in [0, 0.05) is 28.4 Å². The van der Waals surface area contributed by atoms with Crippen LogP contribution in [0.25, 0.3) is 10.9 Å². The summed E-state index contributed by atoms with van der Waals surface area (Å²) < 4.78 is 1.82. The molecule has 0 aliphatic carbocycles. The molecule has 4 heteroatoms. The van der Waals surface area contributed by atoms with E-state index in [1.165, 1.54) is 0 Å². The molecule has 0 aliphatic rings. The fraction of sp³-hybridized carbons (Fsp3) is 0.200. The number of anilines is 1. The summed E-state index contributed by atoms with van der Waals surface area (Å²) in [6.45, 7) is 4.23. The number of amides is 1. The number of aromatic nitrogens is 1. The van der Waals surface area contributed by atoms with Crippen molar-refractivity contribution in [1.29, 1.82) is 0 Å². The van der Waals surface area contributed by atoms with Gasteiger partial charge in [-0.05, 0) is 30.5 Å². The third-order valence-corrected chi connectivity index (χ3v) is 4.26. The van der Waals surface area contributed by atoms with Gasteiger partial charge in [-0.1, -0.05) is 43.3 Å². The second-order valence-corrected chi connectivity index (χ2v) is 5.86. The first-order chi connectivity index (χ1) is 11.6. The van der Waals surface area contributed by atoms with Crippen molar-refractivity contribution in [2.75, 3.05) is 5.32 Å². The van der Waals surface area contributed by atoms with Crippen molar-refractivity contribution < 1.29 is 9.59 Å². The molecule has 0 radical (unpaired) electrons. The number of aryl methyl sites for hydroxylation is 2. The molecule has 4 nitrogen and oxygen atoms in total. The zero-order valence-electron chi connectivity index (χ0n) is 13.9. The molecule has 24 heavy (non-hydrogen) atoms. The Hall–Kier alpha value is -2.88. The lowest BCUT2D eigenvalue weighted by molar-refractivity contribution is -0.116. The van der Waals surface area contributed by atoms with Crippen LogP contribution in [0, 0.1) is 6.92 Å².